The molecule has 0 aliphatic rings. The minimum absolute atomic E-state index is 0.187. The van der Waals surface area contributed by atoms with E-state index >= 15 is 0 Å². The van der Waals surface area contributed by atoms with Gasteiger partial charge in [0, 0.05) is 12.2 Å². The number of hydrogen-bond donors (Lipinski definition) is 0. The molecule has 0 fully saturated rings. The van der Waals surface area contributed by atoms with Gasteiger partial charge in [-0.1, -0.05) is 24.6 Å². The predicted octanol–water partition coefficient (Wildman–Crippen LogP) is 3.89. The molecule has 2 aromatic rings. The summed E-state index contributed by atoms with van der Waals surface area (Å²) >= 11 is 0. The number of amides is 1. The third kappa shape index (κ3) is 6.13. The van der Waals surface area contributed by atoms with Crippen LogP contribution in [-0.2, 0) is 9.53 Å². The van der Waals surface area contributed by atoms with Crippen LogP contribution in [0, 0.1) is 18.3 Å². The second kappa shape index (κ2) is 10.7. The highest BCUT2D eigenvalue weighted by Crippen LogP contribution is 2.17. The summed E-state index contributed by atoms with van der Waals surface area (Å²) in [5.74, 6) is -0.286. The molecule has 28 heavy (non-hydrogen) atoms. The molecule has 2 rings (SSSR count). The molecule has 1 amide bonds. The Balaban J connectivity index is 1.98. The molecule has 6 heteroatoms. The van der Waals surface area contributed by atoms with Crippen LogP contribution in [0.3, 0.4) is 0 Å². The average Bonchev–Trinajstić information content (AvgIpc) is 2.72. The number of hydrogen-bond acceptors (Lipinski definition) is 5. The summed E-state index contributed by atoms with van der Waals surface area (Å²) in [4.78, 5) is 26.2. The second-order valence-electron chi connectivity index (χ2n) is 6.24. The Hall–Kier alpha value is -3.33. The van der Waals surface area contributed by atoms with Crippen molar-refractivity contribution in [3.05, 3.63) is 59.7 Å². The summed E-state index contributed by atoms with van der Waals surface area (Å²) in [5, 5.41) is 8.85. The lowest BCUT2D eigenvalue weighted by molar-refractivity contribution is -0.121. The number of anilines is 1. The molecular weight excluding hydrogens is 356 g/mol. The lowest BCUT2D eigenvalue weighted by Crippen LogP contribution is -2.35. The van der Waals surface area contributed by atoms with E-state index in [1.165, 1.54) is 4.90 Å². The van der Waals surface area contributed by atoms with Crippen molar-refractivity contribution in [2.45, 2.75) is 26.7 Å². The van der Waals surface area contributed by atoms with Crippen molar-refractivity contribution < 1.29 is 19.1 Å². The maximum absolute atomic E-state index is 12.6. The van der Waals surface area contributed by atoms with E-state index in [0.717, 1.165) is 12.0 Å². The molecule has 0 saturated carbocycles. The van der Waals surface area contributed by atoms with E-state index in [-0.39, 0.29) is 18.9 Å². The largest absolute Gasteiger partial charge is 0.494 e. The van der Waals surface area contributed by atoms with Crippen molar-refractivity contribution in [2.24, 2.45) is 0 Å². The van der Waals surface area contributed by atoms with Crippen LogP contribution in [-0.4, -0.2) is 31.6 Å². The number of aryl methyl sites for hydroxylation is 1. The standard InChI is InChI=1S/C22H24N2O4/c1-3-15-27-20-11-7-18(8-12-20)22(26)28-16-21(25)24(14-4-13-23)19-9-5-17(2)6-10-19/h5-12H,3-4,14-16H2,1-2H3. The number of benzene rings is 2. The van der Waals surface area contributed by atoms with Crippen LogP contribution in [0.2, 0.25) is 0 Å². The topological polar surface area (TPSA) is 79.6 Å². The first-order valence-electron chi connectivity index (χ1n) is 9.19. The lowest BCUT2D eigenvalue weighted by Gasteiger charge is -2.21. The zero-order valence-corrected chi connectivity index (χ0v) is 16.2. The molecule has 0 aromatic heterocycles. The lowest BCUT2D eigenvalue weighted by atomic mass is 10.2. The molecule has 0 aliphatic carbocycles. The van der Waals surface area contributed by atoms with Crippen LogP contribution in [0.15, 0.2) is 48.5 Å². The van der Waals surface area contributed by atoms with Crippen molar-refractivity contribution >= 4 is 17.6 Å². The Morgan fingerprint density at radius 2 is 1.75 bits per heavy atom. The quantitative estimate of drug-likeness (QED) is 0.617. The number of nitriles is 1. The molecule has 0 aliphatic heterocycles. The maximum Gasteiger partial charge on any atom is 0.338 e. The van der Waals surface area contributed by atoms with Crippen LogP contribution in [0.1, 0.15) is 35.7 Å². The van der Waals surface area contributed by atoms with Crippen molar-refractivity contribution in [2.75, 3.05) is 24.7 Å². The van der Waals surface area contributed by atoms with Gasteiger partial charge in [0.25, 0.3) is 5.91 Å². The first-order valence-corrected chi connectivity index (χ1v) is 9.19. The Kier molecular flexibility index (Phi) is 8.04. The fourth-order valence-electron chi connectivity index (χ4n) is 2.48. The third-order valence-electron chi connectivity index (χ3n) is 3.98. The molecule has 146 valence electrons. The minimum atomic E-state index is -0.584. The van der Waals surface area contributed by atoms with Gasteiger partial charge in [0.05, 0.1) is 24.7 Å². The van der Waals surface area contributed by atoms with Crippen LogP contribution >= 0.6 is 0 Å². The monoisotopic (exact) mass is 380 g/mol. The van der Waals surface area contributed by atoms with Crippen molar-refractivity contribution in [1.82, 2.24) is 0 Å². The molecule has 0 saturated heterocycles. The summed E-state index contributed by atoms with van der Waals surface area (Å²) in [6.45, 7) is 4.41. The summed E-state index contributed by atoms with van der Waals surface area (Å²) in [6.07, 6.45) is 1.09. The van der Waals surface area contributed by atoms with Crippen LogP contribution in [0.4, 0.5) is 5.69 Å². The highest BCUT2D eigenvalue weighted by atomic mass is 16.5. The SMILES string of the molecule is CCCOc1ccc(C(=O)OCC(=O)N(CCC#N)c2ccc(C)cc2)cc1. The zero-order valence-electron chi connectivity index (χ0n) is 16.2. The fourth-order valence-corrected chi connectivity index (χ4v) is 2.48. The van der Waals surface area contributed by atoms with Crippen LogP contribution in [0.5, 0.6) is 5.75 Å². The van der Waals surface area contributed by atoms with E-state index < -0.39 is 12.6 Å². The van der Waals surface area contributed by atoms with Gasteiger partial charge in [-0.05, 0) is 49.7 Å². The minimum Gasteiger partial charge on any atom is -0.494 e. The van der Waals surface area contributed by atoms with Crippen LogP contribution < -0.4 is 9.64 Å². The number of ether oxygens (including phenoxy) is 2. The van der Waals surface area contributed by atoms with Gasteiger partial charge in [0.1, 0.15) is 5.75 Å². The zero-order chi connectivity index (χ0) is 20.4. The second-order valence-corrected chi connectivity index (χ2v) is 6.24. The van der Waals surface area contributed by atoms with Gasteiger partial charge in [-0.15, -0.1) is 0 Å². The summed E-state index contributed by atoms with van der Waals surface area (Å²) < 4.78 is 10.6. The van der Waals surface area contributed by atoms with E-state index in [1.54, 1.807) is 36.4 Å². The van der Waals surface area contributed by atoms with E-state index in [4.69, 9.17) is 14.7 Å². The van der Waals surface area contributed by atoms with Gasteiger partial charge in [0.2, 0.25) is 0 Å². The van der Waals surface area contributed by atoms with Gasteiger partial charge in [0.15, 0.2) is 6.61 Å². The number of rotatable bonds is 9. The predicted molar refractivity (Wildman–Crippen MR) is 106 cm³/mol. The number of carbonyl (C=O) groups excluding carboxylic acids is 2. The Morgan fingerprint density at radius 3 is 2.36 bits per heavy atom. The first kappa shape index (κ1) is 21.0. The van der Waals surface area contributed by atoms with E-state index in [1.807, 2.05) is 32.0 Å². The van der Waals surface area contributed by atoms with Gasteiger partial charge in [-0.3, -0.25) is 4.79 Å². The van der Waals surface area contributed by atoms with Gasteiger partial charge in [-0.25, -0.2) is 4.79 Å². The van der Waals surface area contributed by atoms with E-state index in [0.29, 0.717) is 23.6 Å². The number of nitrogens with zero attached hydrogens (tertiary/aromatic N) is 2. The molecule has 0 unspecified atom stereocenters. The smallest absolute Gasteiger partial charge is 0.338 e. The Labute approximate surface area is 165 Å². The highest BCUT2D eigenvalue weighted by Gasteiger charge is 2.18. The molecule has 0 heterocycles. The van der Waals surface area contributed by atoms with Crippen molar-refractivity contribution in [3.63, 3.8) is 0 Å². The first-order chi connectivity index (χ1) is 13.5. The number of carbonyl (C=O) groups is 2. The molecule has 0 bridgehead atoms. The maximum atomic E-state index is 12.6. The van der Waals surface area contributed by atoms with Gasteiger partial charge < -0.3 is 14.4 Å². The Morgan fingerprint density at radius 1 is 1.07 bits per heavy atom. The molecule has 0 N–H and O–H groups in total. The average molecular weight is 380 g/mol. The van der Waals surface area contributed by atoms with Gasteiger partial charge >= 0.3 is 5.97 Å². The molecular formula is C22H24N2O4. The fraction of sp³-hybridized carbons (Fsp3) is 0.318. The van der Waals surface area contributed by atoms with E-state index in [9.17, 15) is 9.59 Å². The summed E-state index contributed by atoms with van der Waals surface area (Å²) in [7, 11) is 0. The molecule has 0 radical (unpaired) electrons. The third-order valence-corrected chi connectivity index (χ3v) is 3.98. The number of esters is 1. The van der Waals surface area contributed by atoms with Crippen LogP contribution in [0.25, 0.3) is 0 Å². The molecule has 6 nitrogen and oxygen atoms in total. The summed E-state index contributed by atoms with van der Waals surface area (Å²) in [5.41, 5.74) is 2.07. The summed E-state index contributed by atoms with van der Waals surface area (Å²) in [6, 6.07) is 16.0. The molecule has 0 spiro atoms. The van der Waals surface area contributed by atoms with E-state index in [2.05, 4.69) is 0 Å². The van der Waals surface area contributed by atoms with Crippen molar-refractivity contribution in [1.29, 1.82) is 5.26 Å². The highest BCUT2D eigenvalue weighted by molar-refractivity contribution is 5.97. The molecule has 0 atom stereocenters. The van der Waals surface area contributed by atoms with Gasteiger partial charge in [-0.2, -0.15) is 5.26 Å². The van der Waals surface area contributed by atoms with Crippen molar-refractivity contribution in [3.8, 4) is 11.8 Å². The Bertz CT molecular complexity index is 823. The molecule has 2 aromatic carbocycles. The normalized spacial score (nSPS) is 10.0.